The van der Waals surface area contributed by atoms with Gasteiger partial charge in [-0.15, -0.1) is 0 Å². The minimum absolute atomic E-state index is 0.105. The molecule has 0 fully saturated rings. The van der Waals surface area contributed by atoms with E-state index in [2.05, 4.69) is 0 Å². The van der Waals surface area contributed by atoms with E-state index in [9.17, 15) is 19.2 Å². The molecule has 41 heavy (non-hydrogen) atoms. The molecule has 0 aliphatic carbocycles. The van der Waals surface area contributed by atoms with Gasteiger partial charge in [-0.2, -0.15) is 0 Å². The largest absolute Gasteiger partial charge is 0.380 e. The van der Waals surface area contributed by atoms with E-state index in [1.54, 1.807) is 0 Å². The molecule has 0 amide bonds. The summed E-state index contributed by atoms with van der Waals surface area (Å²) in [6.45, 7) is 24.3. The van der Waals surface area contributed by atoms with Gasteiger partial charge in [0.15, 0.2) is 0 Å². The monoisotopic (exact) mass is 584 g/mol. The van der Waals surface area contributed by atoms with Crippen molar-refractivity contribution >= 4 is 23.1 Å². The summed E-state index contributed by atoms with van der Waals surface area (Å²) in [6, 6.07) is 0. The predicted molar refractivity (Wildman–Crippen MR) is 162 cm³/mol. The van der Waals surface area contributed by atoms with Crippen molar-refractivity contribution in [2.24, 2.45) is 27.1 Å². The van der Waals surface area contributed by atoms with Gasteiger partial charge in [0, 0.05) is 47.3 Å². The molecule has 0 bridgehead atoms. The third-order valence-electron chi connectivity index (χ3n) is 6.87. The van der Waals surface area contributed by atoms with Crippen LogP contribution in [0.2, 0.25) is 0 Å². The average molecular weight is 585 g/mol. The van der Waals surface area contributed by atoms with Gasteiger partial charge in [-0.25, -0.2) is 0 Å². The van der Waals surface area contributed by atoms with E-state index in [4.69, 9.17) is 18.9 Å². The first-order chi connectivity index (χ1) is 18.5. The molecular formula is C33H60O8. The maximum atomic E-state index is 12.4. The first-order valence-electron chi connectivity index (χ1n) is 15.0. The van der Waals surface area contributed by atoms with E-state index in [1.165, 1.54) is 0 Å². The van der Waals surface area contributed by atoms with Crippen LogP contribution in [0, 0.1) is 27.1 Å². The zero-order valence-corrected chi connectivity index (χ0v) is 28.3. The third kappa shape index (κ3) is 17.3. The number of ketones is 4. The molecule has 8 nitrogen and oxygen atoms in total. The molecule has 0 radical (unpaired) electrons. The Kier molecular flexibility index (Phi) is 16.4. The van der Waals surface area contributed by atoms with E-state index < -0.39 is 27.1 Å². The molecule has 0 heterocycles. The van der Waals surface area contributed by atoms with Gasteiger partial charge in [-0.3, -0.25) is 19.2 Å². The van der Waals surface area contributed by atoms with Crippen LogP contribution in [-0.2, 0) is 38.1 Å². The Balaban J connectivity index is 5.57. The first-order valence-corrected chi connectivity index (χ1v) is 15.0. The second-order valence-corrected chi connectivity index (χ2v) is 15.4. The molecule has 240 valence electrons. The predicted octanol–water partition coefficient (Wildman–Crippen LogP) is 6.06. The Hall–Kier alpha value is -1.48. The van der Waals surface area contributed by atoms with Crippen molar-refractivity contribution in [3.05, 3.63) is 0 Å². The van der Waals surface area contributed by atoms with Crippen LogP contribution in [0.3, 0.4) is 0 Å². The van der Waals surface area contributed by atoms with E-state index in [0.29, 0.717) is 0 Å². The highest BCUT2D eigenvalue weighted by Crippen LogP contribution is 2.24. The highest BCUT2D eigenvalue weighted by Gasteiger charge is 2.34. The van der Waals surface area contributed by atoms with Crippen LogP contribution in [0.15, 0.2) is 0 Å². The zero-order chi connectivity index (χ0) is 32.1. The molecule has 0 N–H and O–H groups in total. The Morgan fingerprint density at radius 1 is 0.366 bits per heavy atom. The number of rotatable bonds is 20. The summed E-state index contributed by atoms with van der Waals surface area (Å²) in [5.41, 5.74) is -2.56. The van der Waals surface area contributed by atoms with Gasteiger partial charge in [-0.05, 0) is 0 Å². The number of hydrogen-bond donors (Lipinski definition) is 0. The minimum Gasteiger partial charge on any atom is -0.380 e. The van der Waals surface area contributed by atoms with Crippen LogP contribution in [0.5, 0.6) is 0 Å². The fourth-order valence-electron chi connectivity index (χ4n) is 3.56. The smallest absolute Gasteiger partial charge is 0.140 e. The maximum Gasteiger partial charge on any atom is 0.140 e. The van der Waals surface area contributed by atoms with Crippen LogP contribution in [-0.4, -0.2) is 76.0 Å². The van der Waals surface area contributed by atoms with Crippen molar-refractivity contribution in [1.29, 1.82) is 0 Å². The molecular weight excluding hydrogens is 524 g/mol. The quantitative estimate of drug-likeness (QED) is 0.159. The number of carbonyl (C=O) groups is 4. The first kappa shape index (κ1) is 39.5. The lowest BCUT2D eigenvalue weighted by Crippen LogP contribution is -2.42. The van der Waals surface area contributed by atoms with Crippen LogP contribution < -0.4 is 0 Å². The molecule has 0 aromatic heterocycles. The molecule has 0 aliphatic rings. The number of Topliss-reactive ketones (excluding diaryl/α,β-unsaturated/α-hetero) is 4. The zero-order valence-electron chi connectivity index (χ0n) is 28.3. The van der Waals surface area contributed by atoms with Crippen LogP contribution in [0.4, 0.5) is 0 Å². The molecule has 0 aromatic carbocycles. The van der Waals surface area contributed by atoms with Crippen molar-refractivity contribution < 1.29 is 38.1 Å². The van der Waals surface area contributed by atoms with E-state index in [0.717, 1.165) is 0 Å². The summed E-state index contributed by atoms with van der Waals surface area (Å²) in [5.74, 6) is 0.422. The average Bonchev–Trinajstić information content (AvgIpc) is 2.81. The highest BCUT2D eigenvalue weighted by atomic mass is 16.5. The van der Waals surface area contributed by atoms with Gasteiger partial charge in [0.25, 0.3) is 0 Å². The van der Waals surface area contributed by atoms with Gasteiger partial charge in [0.2, 0.25) is 0 Å². The normalized spacial score (nSPS) is 13.4. The van der Waals surface area contributed by atoms with Crippen LogP contribution >= 0.6 is 0 Å². The summed E-state index contributed by atoms with van der Waals surface area (Å²) < 4.78 is 24.0. The summed E-state index contributed by atoms with van der Waals surface area (Å²) in [6.07, 6.45) is 1.12. The van der Waals surface area contributed by atoms with Crippen molar-refractivity contribution in [3.8, 4) is 0 Å². The van der Waals surface area contributed by atoms with Gasteiger partial charge in [-0.1, -0.05) is 83.1 Å². The number of carbonyl (C=O) groups excluding carboxylic acids is 4. The van der Waals surface area contributed by atoms with Gasteiger partial charge < -0.3 is 18.9 Å². The second kappa shape index (κ2) is 17.0. The lowest BCUT2D eigenvalue weighted by molar-refractivity contribution is -0.133. The minimum atomic E-state index is -0.759. The second-order valence-electron chi connectivity index (χ2n) is 15.4. The lowest BCUT2D eigenvalue weighted by atomic mass is 9.88. The van der Waals surface area contributed by atoms with Gasteiger partial charge >= 0.3 is 0 Å². The van der Waals surface area contributed by atoms with Crippen molar-refractivity contribution in [1.82, 2.24) is 0 Å². The molecule has 0 rings (SSSR count). The standard InChI is InChI=1S/C33H60O8/c1-29(2,3)25(34)13-17-38-21-33(22-39-18-14-26(35)30(4,5)6,23-40-19-15-27(36)31(7,8)9)24-41-20-16-28(37)32(10,11)12/h13-24H2,1-12H3. The van der Waals surface area contributed by atoms with Gasteiger partial charge in [0.1, 0.15) is 23.1 Å². The Bertz CT molecular complexity index is 690. The third-order valence-corrected chi connectivity index (χ3v) is 6.87. The number of ether oxygens (including phenoxy) is 4. The van der Waals surface area contributed by atoms with E-state index >= 15 is 0 Å². The summed E-state index contributed by atoms with van der Waals surface area (Å²) in [4.78, 5) is 49.6. The van der Waals surface area contributed by atoms with E-state index in [-0.39, 0.29) is 102 Å². The summed E-state index contributed by atoms with van der Waals surface area (Å²) >= 11 is 0. The van der Waals surface area contributed by atoms with Crippen LogP contribution in [0.25, 0.3) is 0 Å². The van der Waals surface area contributed by atoms with Crippen molar-refractivity contribution in [2.45, 2.75) is 109 Å². The lowest BCUT2D eigenvalue weighted by Gasteiger charge is -2.33. The maximum absolute atomic E-state index is 12.4. The van der Waals surface area contributed by atoms with Crippen LogP contribution in [0.1, 0.15) is 109 Å². The Morgan fingerprint density at radius 3 is 0.683 bits per heavy atom. The molecule has 0 unspecified atom stereocenters. The summed E-state index contributed by atoms with van der Waals surface area (Å²) in [5, 5.41) is 0. The van der Waals surface area contributed by atoms with Crippen molar-refractivity contribution in [3.63, 3.8) is 0 Å². The highest BCUT2D eigenvalue weighted by molar-refractivity contribution is 5.84. The van der Waals surface area contributed by atoms with Crippen molar-refractivity contribution in [2.75, 3.05) is 52.9 Å². The Morgan fingerprint density at radius 2 is 0.537 bits per heavy atom. The Labute approximate surface area is 250 Å². The summed E-state index contributed by atoms with van der Waals surface area (Å²) in [7, 11) is 0. The molecule has 0 aromatic rings. The fourth-order valence-corrected chi connectivity index (χ4v) is 3.56. The molecule has 0 saturated heterocycles. The number of hydrogen-bond acceptors (Lipinski definition) is 8. The molecule has 8 heteroatoms. The molecule has 0 saturated carbocycles. The van der Waals surface area contributed by atoms with E-state index in [1.807, 2.05) is 83.1 Å². The SMILES string of the molecule is CC(C)(C)C(=O)CCOCC(COCCC(=O)C(C)(C)C)(COCCC(=O)C(C)(C)C)COCCC(=O)C(C)(C)C. The topological polar surface area (TPSA) is 105 Å². The fraction of sp³-hybridized carbons (Fsp3) is 0.879. The van der Waals surface area contributed by atoms with Gasteiger partial charge in [0.05, 0.1) is 58.3 Å². The molecule has 0 atom stereocenters. The molecule has 0 spiro atoms. The molecule has 0 aliphatic heterocycles.